The number of amides is 2. The number of benzene rings is 1. The summed E-state index contributed by atoms with van der Waals surface area (Å²) >= 11 is 0. The summed E-state index contributed by atoms with van der Waals surface area (Å²) in [5.74, 6) is -0.592. The van der Waals surface area contributed by atoms with E-state index in [4.69, 9.17) is 0 Å². The predicted octanol–water partition coefficient (Wildman–Crippen LogP) is 0.330. The molecule has 0 aliphatic carbocycles. The lowest BCUT2D eigenvalue weighted by Crippen LogP contribution is -2.51. The van der Waals surface area contributed by atoms with Crippen molar-refractivity contribution in [3.05, 3.63) is 29.8 Å². The molecule has 18 heavy (non-hydrogen) atoms. The van der Waals surface area contributed by atoms with Gasteiger partial charge in [-0.25, -0.2) is 8.51 Å². The third kappa shape index (κ3) is 1.77. The van der Waals surface area contributed by atoms with Gasteiger partial charge in [-0.2, -0.15) is 0 Å². The summed E-state index contributed by atoms with van der Waals surface area (Å²) in [5.41, 5.74) is 0.987. The molecule has 0 saturated carbocycles. The van der Waals surface area contributed by atoms with Crippen molar-refractivity contribution in [2.45, 2.75) is 30.3 Å². The van der Waals surface area contributed by atoms with Crippen LogP contribution in [0.2, 0.25) is 0 Å². The van der Waals surface area contributed by atoms with E-state index in [1.807, 2.05) is 24.3 Å². The molecule has 0 spiro atoms. The Kier molecular flexibility index (Phi) is 2.76. The van der Waals surface area contributed by atoms with E-state index in [1.165, 1.54) is 0 Å². The maximum absolute atomic E-state index is 12.3. The van der Waals surface area contributed by atoms with Gasteiger partial charge in [0.05, 0.1) is 4.90 Å². The van der Waals surface area contributed by atoms with Crippen LogP contribution in [0.4, 0.5) is 0 Å². The topological polar surface area (TPSA) is 66.5 Å². The second kappa shape index (κ2) is 4.29. The lowest BCUT2D eigenvalue weighted by Gasteiger charge is -2.27. The number of carbonyl (C=O) groups excluding carboxylic acids is 2. The largest absolute Gasteiger partial charge is 0.295 e. The van der Waals surface area contributed by atoms with Crippen LogP contribution in [0.5, 0.6) is 0 Å². The summed E-state index contributed by atoms with van der Waals surface area (Å²) in [7, 11) is -1.30. The van der Waals surface area contributed by atoms with Crippen LogP contribution in [0.3, 0.4) is 0 Å². The van der Waals surface area contributed by atoms with Crippen molar-refractivity contribution < 1.29 is 13.8 Å². The van der Waals surface area contributed by atoms with Crippen molar-refractivity contribution in [3.63, 3.8) is 0 Å². The molecule has 2 unspecified atom stereocenters. The van der Waals surface area contributed by atoms with Gasteiger partial charge in [-0.3, -0.25) is 14.9 Å². The van der Waals surface area contributed by atoms with Crippen LogP contribution in [0.1, 0.15) is 18.4 Å². The van der Waals surface area contributed by atoms with Gasteiger partial charge in [-0.1, -0.05) is 18.2 Å². The van der Waals surface area contributed by atoms with E-state index in [2.05, 4.69) is 5.32 Å². The van der Waals surface area contributed by atoms with E-state index in [-0.39, 0.29) is 11.8 Å². The molecule has 94 valence electrons. The van der Waals surface area contributed by atoms with E-state index in [0.717, 1.165) is 10.5 Å². The Hall–Kier alpha value is -1.53. The van der Waals surface area contributed by atoms with Gasteiger partial charge < -0.3 is 0 Å². The Labute approximate surface area is 107 Å². The number of hydrogen-bond acceptors (Lipinski definition) is 3. The van der Waals surface area contributed by atoms with Gasteiger partial charge in [0, 0.05) is 13.0 Å². The molecule has 2 aliphatic heterocycles. The number of nitrogens with one attached hydrogen (secondary N) is 1. The van der Waals surface area contributed by atoms with Crippen molar-refractivity contribution in [3.8, 4) is 0 Å². The van der Waals surface area contributed by atoms with Gasteiger partial charge >= 0.3 is 0 Å². The van der Waals surface area contributed by atoms with Gasteiger partial charge in [-0.05, 0) is 18.1 Å². The highest BCUT2D eigenvalue weighted by molar-refractivity contribution is 7.83. The van der Waals surface area contributed by atoms with Gasteiger partial charge in [0.15, 0.2) is 0 Å². The second-order valence-electron chi connectivity index (χ2n) is 4.40. The summed E-state index contributed by atoms with van der Waals surface area (Å²) in [6.07, 6.45) is 0.741. The van der Waals surface area contributed by atoms with Crippen LogP contribution >= 0.6 is 0 Å². The predicted molar refractivity (Wildman–Crippen MR) is 64.6 cm³/mol. The minimum atomic E-state index is -1.30. The van der Waals surface area contributed by atoms with Crippen LogP contribution in [-0.4, -0.2) is 26.4 Å². The van der Waals surface area contributed by atoms with E-state index >= 15 is 0 Å². The number of fused-ring (bicyclic) bond motifs is 1. The molecule has 0 radical (unpaired) electrons. The third-order valence-corrected chi connectivity index (χ3v) is 4.84. The number of carbonyl (C=O) groups is 2. The maximum atomic E-state index is 12.3. The third-order valence-electron chi connectivity index (χ3n) is 3.26. The van der Waals surface area contributed by atoms with Gasteiger partial charge in [0.2, 0.25) is 11.8 Å². The van der Waals surface area contributed by atoms with Gasteiger partial charge in [-0.15, -0.1) is 0 Å². The molecule has 1 saturated heterocycles. The van der Waals surface area contributed by atoms with Crippen molar-refractivity contribution >= 4 is 22.8 Å². The van der Waals surface area contributed by atoms with E-state index in [9.17, 15) is 13.8 Å². The smallest absolute Gasteiger partial charge is 0.244 e. The second-order valence-corrected chi connectivity index (χ2v) is 5.81. The van der Waals surface area contributed by atoms with E-state index in [0.29, 0.717) is 19.4 Å². The number of hydrogen-bond donors (Lipinski definition) is 1. The SMILES string of the molecule is O=C1CCC(N2Cc3ccccc3S2=O)C(=O)N1. The highest BCUT2D eigenvalue weighted by Gasteiger charge is 2.38. The monoisotopic (exact) mass is 264 g/mol. The van der Waals surface area contributed by atoms with Crippen LogP contribution in [0, 0.1) is 0 Å². The lowest BCUT2D eigenvalue weighted by molar-refractivity contribution is -0.136. The summed E-state index contributed by atoms with van der Waals surface area (Å²) in [5, 5.41) is 2.30. The molecule has 1 aromatic carbocycles. The summed E-state index contributed by atoms with van der Waals surface area (Å²) in [6, 6.07) is 6.99. The molecule has 1 fully saturated rings. The molecule has 2 amide bonds. The van der Waals surface area contributed by atoms with Crippen LogP contribution < -0.4 is 5.32 Å². The first-order valence-corrected chi connectivity index (χ1v) is 6.87. The number of imide groups is 1. The Morgan fingerprint density at radius 2 is 2.06 bits per heavy atom. The quantitative estimate of drug-likeness (QED) is 0.743. The van der Waals surface area contributed by atoms with Crippen molar-refractivity contribution in [1.29, 1.82) is 0 Å². The number of piperidine rings is 1. The summed E-state index contributed by atoms with van der Waals surface area (Å²) in [4.78, 5) is 23.7. The Balaban J connectivity index is 1.86. The molecular formula is C12H12N2O3S. The average molecular weight is 264 g/mol. The highest BCUT2D eigenvalue weighted by atomic mass is 32.2. The lowest BCUT2D eigenvalue weighted by atomic mass is 10.1. The first kappa shape index (κ1) is 11.6. The zero-order valence-corrected chi connectivity index (χ0v) is 10.4. The maximum Gasteiger partial charge on any atom is 0.244 e. The molecule has 1 aromatic rings. The molecule has 3 rings (SSSR count). The molecule has 0 aromatic heterocycles. The van der Waals surface area contributed by atoms with E-state index in [1.54, 1.807) is 4.31 Å². The molecule has 2 heterocycles. The van der Waals surface area contributed by atoms with Crippen molar-refractivity contribution in [2.75, 3.05) is 0 Å². The highest BCUT2D eigenvalue weighted by Crippen LogP contribution is 2.30. The van der Waals surface area contributed by atoms with Crippen LogP contribution in [0.15, 0.2) is 29.2 Å². The normalized spacial score (nSPS) is 28.0. The zero-order chi connectivity index (χ0) is 12.7. The van der Waals surface area contributed by atoms with Gasteiger partial charge in [0.25, 0.3) is 0 Å². The zero-order valence-electron chi connectivity index (χ0n) is 9.59. The Bertz CT molecular complexity index is 558. The molecule has 6 heteroatoms. The molecule has 1 N–H and O–H groups in total. The first-order chi connectivity index (χ1) is 8.66. The Morgan fingerprint density at radius 1 is 1.28 bits per heavy atom. The standard InChI is InChI=1S/C12H12N2O3S/c15-11-6-5-9(12(16)13-11)14-7-8-3-1-2-4-10(8)18(14)17/h1-4,9H,5-7H2,(H,13,15,16). The summed E-state index contributed by atoms with van der Waals surface area (Å²) < 4.78 is 14.0. The van der Waals surface area contributed by atoms with Crippen molar-refractivity contribution in [2.24, 2.45) is 0 Å². The molecule has 0 bridgehead atoms. The van der Waals surface area contributed by atoms with Gasteiger partial charge in [0.1, 0.15) is 17.0 Å². The van der Waals surface area contributed by atoms with Crippen molar-refractivity contribution in [1.82, 2.24) is 9.62 Å². The minimum absolute atomic E-state index is 0.251. The fourth-order valence-corrected chi connectivity index (χ4v) is 3.83. The van der Waals surface area contributed by atoms with Crippen LogP contribution in [-0.2, 0) is 27.1 Å². The summed E-state index contributed by atoms with van der Waals surface area (Å²) in [6.45, 7) is 0.495. The number of rotatable bonds is 1. The average Bonchev–Trinajstić information content (AvgIpc) is 2.68. The molecule has 5 nitrogen and oxygen atoms in total. The fraction of sp³-hybridized carbons (Fsp3) is 0.333. The Morgan fingerprint density at radius 3 is 2.78 bits per heavy atom. The molecular weight excluding hydrogens is 252 g/mol. The first-order valence-electron chi connectivity index (χ1n) is 5.77. The fourth-order valence-electron chi connectivity index (χ4n) is 2.34. The minimum Gasteiger partial charge on any atom is -0.295 e. The molecule has 2 aliphatic rings. The van der Waals surface area contributed by atoms with E-state index < -0.39 is 17.0 Å². The number of nitrogens with zero attached hydrogens (tertiary/aromatic N) is 1. The molecule has 2 atom stereocenters. The van der Waals surface area contributed by atoms with Crippen LogP contribution in [0.25, 0.3) is 0 Å².